The summed E-state index contributed by atoms with van der Waals surface area (Å²) in [6, 6.07) is 2.01. The van der Waals surface area contributed by atoms with Crippen molar-refractivity contribution in [3.8, 4) is 0 Å². The number of carbonyl (C=O) groups is 1. The molecule has 100 valence electrons. The Balaban J connectivity index is 2.56. The maximum Gasteiger partial charge on any atom is 0.250 e. The third-order valence-corrected chi connectivity index (χ3v) is 3.05. The second kappa shape index (κ2) is 6.56. The minimum absolute atomic E-state index is 0.310. The van der Waals surface area contributed by atoms with Gasteiger partial charge in [0.1, 0.15) is 5.82 Å². The van der Waals surface area contributed by atoms with Crippen LogP contribution < -0.4 is 11.1 Å². The first-order valence-electron chi connectivity index (χ1n) is 5.81. The summed E-state index contributed by atoms with van der Waals surface area (Å²) in [7, 11) is 2.05. The summed E-state index contributed by atoms with van der Waals surface area (Å²) >= 11 is 6.00. The smallest absolute Gasteiger partial charge is 0.250 e. The number of hydrogen-bond acceptors (Lipinski definition) is 4. The van der Waals surface area contributed by atoms with Gasteiger partial charge in [-0.2, -0.15) is 0 Å². The molecule has 6 heteroatoms. The van der Waals surface area contributed by atoms with Crippen LogP contribution in [0.4, 0.5) is 5.82 Å². The number of halogens is 1. The second-order valence-electron chi connectivity index (χ2n) is 4.42. The van der Waals surface area contributed by atoms with Crippen molar-refractivity contribution in [1.82, 2.24) is 9.88 Å². The lowest BCUT2D eigenvalue weighted by Gasteiger charge is -2.21. The molecule has 3 N–H and O–H groups in total. The summed E-state index contributed by atoms with van der Waals surface area (Å²) < 4.78 is 0. The molecule has 0 atom stereocenters. The van der Waals surface area contributed by atoms with Gasteiger partial charge in [-0.1, -0.05) is 11.6 Å². The number of carbonyl (C=O) groups excluding carboxylic acids is 1. The van der Waals surface area contributed by atoms with Gasteiger partial charge in [-0.05, 0) is 27.0 Å². The van der Waals surface area contributed by atoms with Gasteiger partial charge in [-0.3, -0.25) is 4.79 Å². The quantitative estimate of drug-likeness (QED) is 0.823. The molecule has 0 fully saturated rings. The largest absolute Gasteiger partial charge is 0.368 e. The van der Waals surface area contributed by atoms with Gasteiger partial charge in [0.2, 0.25) is 5.91 Å². The van der Waals surface area contributed by atoms with Crippen molar-refractivity contribution >= 4 is 23.3 Å². The van der Waals surface area contributed by atoms with Crippen LogP contribution in [0.3, 0.4) is 0 Å². The summed E-state index contributed by atoms with van der Waals surface area (Å²) in [5.74, 6) is 0.0364. The van der Waals surface area contributed by atoms with Crippen LogP contribution in [0.5, 0.6) is 0 Å². The zero-order valence-electron chi connectivity index (χ0n) is 10.9. The average molecular weight is 271 g/mol. The molecule has 0 aliphatic heterocycles. The number of hydrogen-bond donors (Lipinski definition) is 2. The summed E-state index contributed by atoms with van der Waals surface area (Å²) in [5.41, 5.74) is 5.45. The first kappa shape index (κ1) is 14.7. The zero-order valence-corrected chi connectivity index (χ0v) is 11.7. The number of primary amides is 1. The van der Waals surface area contributed by atoms with Crippen molar-refractivity contribution in [1.29, 1.82) is 0 Å². The molecule has 0 aromatic carbocycles. The maximum atomic E-state index is 10.9. The van der Waals surface area contributed by atoms with Crippen molar-refractivity contribution in [2.75, 3.05) is 25.5 Å². The first-order chi connectivity index (χ1) is 8.41. The average Bonchev–Trinajstić information content (AvgIpc) is 2.30. The summed E-state index contributed by atoms with van der Waals surface area (Å²) in [6.45, 7) is 5.88. The molecule has 0 radical (unpaired) electrons. The highest BCUT2D eigenvalue weighted by atomic mass is 35.5. The van der Waals surface area contributed by atoms with Crippen molar-refractivity contribution < 1.29 is 4.79 Å². The number of nitrogens with two attached hydrogens (primary N) is 1. The van der Waals surface area contributed by atoms with Crippen LogP contribution in [0, 0.1) is 0 Å². The van der Waals surface area contributed by atoms with Crippen LogP contribution >= 0.6 is 11.6 Å². The minimum atomic E-state index is -0.532. The number of nitrogens with one attached hydrogen (secondary N) is 1. The van der Waals surface area contributed by atoms with E-state index in [9.17, 15) is 4.79 Å². The molecular formula is C12H19ClN4O. The van der Waals surface area contributed by atoms with Gasteiger partial charge in [0.15, 0.2) is 0 Å². The highest BCUT2D eigenvalue weighted by molar-refractivity contribution is 6.33. The Morgan fingerprint density at radius 2 is 2.28 bits per heavy atom. The van der Waals surface area contributed by atoms with Gasteiger partial charge in [0.05, 0.1) is 10.6 Å². The van der Waals surface area contributed by atoms with E-state index in [0.717, 1.165) is 13.1 Å². The Bertz CT molecular complexity index is 423. The Labute approximate surface area is 112 Å². The summed E-state index contributed by atoms with van der Waals surface area (Å²) in [6.07, 6.45) is 1.42. The van der Waals surface area contributed by atoms with Gasteiger partial charge in [0.25, 0.3) is 0 Å². The molecule has 0 aliphatic carbocycles. The SMILES string of the molecule is CC(C)N(C)CCNc1ncc(C(N)=O)cc1Cl. The Hall–Kier alpha value is -1.33. The number of aromatic nitrogens is 1. The molecule has 18 heavy (non-hydrogen) atoms. The number of pyridine rings is 1. The number of anilines is 1. The predicted molar refractivity (Wildman–Crippen MR) is 74.0 cm³/mol. The molecule has 1 amide bonds. The molecule has 0 saturated carbocycles. The van der Waals surface area contributed by atoms with Crippen molar-refractivity contribution in [3.63, 3.8) is 0 Å². The van der Waals surface area contributed by atoms with E-state index < -0.39 is 5.91 Å². The number of likely N-dealkylation sites (N-methyl/N-ethyl adjacent to an activating group) is 1. The van der Waals surface area contributed by atoms with Gasteiger partial charge >= 0.3 is 0 Å². The normalized spacial score (nSPS) is 11.0. The Kier molecular flexibility index (Phi) is 5.37. The lowest BCUT2D eigenvalue weighted by Crippen LogP contribution is -2.31. The fraction of sp³-hybridized carbons (Fsp3) is 0.500. The monoisotopic (exact) mass is 270 g/mol. The van der Waals surface area contributed by atoms with Crippen molar-refractivity contribution in [2.24, 2.45) is 5.73 Å². The third-order valence-electron chi connectivity index (χ3n) is 2.76. The van der Waals surface area contributed by atoms with Gasteiger partial charge < -0.3 is 16.0 Å². The lowest BCUT2D eigenvalue weighted by molar-refractivity contribution is 0.1000. The summed E-state index contributed by atoms with van der Waals surface area (Å²) in [5, 5.41) is 3.53. The molecule has 0 aliphatic rings. The highest BCUT2D eigenvalue weighted by Gasteiger charge is 2.07. The molecule has 0 unspecified atom stereocenters. The molecule has 1 aromatic heterocycles. The molecule has 0 bridgehead atoms. The Morgan fingerprint density at radius 3 is 2.78 bits per heavy atom. The van der Waals surface area contributed by atoms with E-state index in [0.29, 0.717) is 22.4 Å². The highest BCUT2D eigenvalue weighted by Crippen LogP contribution is 2.19. The van der Waals surface area contributed by atoms with Crippen LogP contribution in [0.1, 0.15) is 24.2 Å². The second-order valence-corrected chi connectivity index (χ2v) is 4.83. The minimum Gasteiger partial charge on any atom is -0.368 e. The molecule has 1 aromatic rings. The van der Waals surface area contributed by atoms with E-state index in [4.69, 9.17) is 17.3 Å². The van der Waals surface area contributed by atoms with Gasteiger partial charge in [-0.15, -0.1) is 0 Å². The predicted octanol–water partition coefficient (Wildman–Crippen LogP) is 1.59. The van der Waals surface area contributed by atoms with E-state index in [1.807, 2.05) is 0 Å². The van der Waals surface area contributed by atoms with E-state index in [-0.39, 0.29) is 0 Å². The number of amides is 1. The van der Waals surface area contributed by atoms with Crippen molar-refractivity contribution in [2.45, 2.75) is 19.9 Å². The fourth-order valence-corrected chi connectivity index (χ4v) is 1.54. The molecule has 1 rings (SSSR count). The zero-order chi connectivity index (χ0) is 13.7. The van der Waals surface area contributed by atoms with Crippen LogP contribution in [0.15, 0.2) is 12.3 Å². The standard InChI is InChI=1S/C12H19ClN4O/c1-8(2)17(3)5-4-15-12-10(13)6-9(7-16-12)11(14)18/h6-8H,4-5H2,1-3H3,(H2,14,18)(H,15,16). The van der Waals surface area contributed by atoms with E-state index in [2.05, 4.69) is 36.1 Å². The molecule has 0 saturated heterocycles. The molecular weight excluding hydrogens is 252 g/mol. The van der Waals surface area contributed by atoms with Crippen LogP contribution in [0.2, 0.25) is 5.02 Å². The lowest BCUT2D eigenvalue weighted by atomic mass is 10.2. The maximum absolute atomic E-state index is 10.9. The summed E-state index contributed by atoms with van der Waals surface area (Å²) in [4.78, 5) is 17.2. The number of rotatable bonds is 6. The van der Waals surface area contributed by atoms with E-state index in [1.54, 1.807) is 0 Å². The first-order valence-corrected chi connectivity index (χ1v) is 6.19. The van der Waals surface area contributed by atoms with Crippen molar-refractivity contribution in [3.05, 3.63) is 22.8 Å². The molecule has 1 heterocycles. The van der Waals surface area contributed by atoms with Crippen LogP contribution in [-0.2, 0) is 0 Å². The third kappa shape index (κ3) is 4.16. The van der Waals surface area contributed by atoms with Gasteiger partial charge in [-0.25, -0.2) is 4.98 Å². The van der Waals surface area contributed by atoms with Crippen LogP contribution in [0.25, 0.3) is 0 Å². The van der Waals surface area contributed by atoms with Gasteiger partial charge in [0, 0.05) is 25.3 Å². The number of nitrogens with zero attached hydrogens (tertiary/aromatic N) is 2. The fourth-order valence-electron chi connectivity index (χ4n) is 1.31. The van der Waals surface area contributed by atoms with E-state index >= 15 is 0 Å². The molecule has 0 spiro atoms. The Morgan fingerprint density at radius 1 is 1.61 bits per heavy atom. The van der Waals surface area contributed by atoms with E-state index in [1.165, 1.54) is 12.3 Å². The topological polar surface area (TPSA) is 71.2 Å². The van der Waals surface area contributed by atoms with Crippen LogP contribution in [-0.4, -0.2) is 42.0 Å². The molecule has 5 nitrogen and oxygen atoms in total.